The van der Waals surface area contributed by atoms with Crippen LogP contribution in [0, 0.1) is 0 Å². The van der Waals surface area contributed by atoms with Gasteiger partial charge in [0.1, 0.15) is 0 Å². The van der Waals surface area contributed by atoms with Crippen LogP contribution in [-0.4, -0.2) is 14.7 Å². The van der Waals surface area contributed by atoms with Crippen molar-refractivity contribution in [1.29, 1.82) is 0 Å². The van der Waals surface area contributed by atoms with Gasteiger partial charge in [-0.1, -0.05) is 12.1 Å². The Morgan fingerprint density at radius 1 is 1.38 bits per heavy atom. The van der Waals surface area contributed by atoms with Crippen molar-refractivity contribution >= 4 is 40.6 Å². The molecule has 0 aliphatic rings. The van der Waals surface area contributed by atoms with E-state index < -0.39 is 0 Å². The second-order valence-electron chi connectivity index (χ2n) is 2.02. The number of hydrogen-bond donors (Lipinski definition) is 1. The maximum absolute atomic E-state index is 4.08. The van der Waals surface area contributed by atoms with E-state index in [0.29, 0.717) is 0 Å². The zero-order chi connectivity index (χ0) is 8.81. The summed E-state index contributed by atoms with van der Waals surface area (Å²) in [5, 5.41) is 0. The first-order chi connectivity index (χ1) is 5.88. The number of fused-ring (bicyclic) bond motifs is 1. The molecule has 2 nitrogen and oxygen atoms in total. The van der Waals surface area contributed by atoms with Gasteiger partial charge in [-0.15, -0.1) is 0 Å². The van der Waals surface area contributed by atoms with Crippen LogP contribution in [0.5, 0.6) is 0 Å². The van der Waals surface area contributed by atoms with E-state index in [1.807, 2.05) is 24.3 Å². The van der Waals surface area contributed by atoms with Crippen LogP contribution in [0.3, 0.4) is 0 Å². The molecule has 0 radical (unpaired) electrons. The van der Waals surface area contributed by atoms with Gasteiger partial charge in [-0.05, 0) is 12.1 Å². The number of nitrogens with one attached hydrogen (secondary N) is 1. The Balaban J connectivity index is 0.000000324. The van der Waals surface area contributed by atoms with Crippen molar-refractivity contribution in [3.05, 3.63) is 30.6 Å². The van der Waals surface area contributed by atoms with E-state index in [2.05, 4.69) is 34.8 Å². The third-order valence-electron chi connectivity index (χ3n) is 1.33. The van der Waals surface area contributed by atoms with Crippen LogP contribution in [0.25, 0.3) is 11.0 Å². The average molecular weight is 218 g/mol. The summed E-state index contributed by atoms with van der Waals surface area (Å²) >= 11 is 8.17. The minimum absolute atomic E-state index is 0. The van der Waals surface area contributed by atoms with Crippen molar-refractivity contribution in [3.63, 3.8) is 0 Å². The van der Waals surface area contributed by atoms with E-state index >= 15 is 0 Å². The summed E-state index contributed by atoms with van der Waals surface area (Å²) in [5.74, 6) is 0. The fraction of sp³-hybridized carbons (Fsp3) is 0. The van der Waals surface area contributed by atoms with Crippen LogP contribution >= 0.6 is 12.2 Å². The van der Waals surface area contributed by atoms with Crippen LogP contribution in [-0.2, 0) is 12.6 Å². The molecule has 62 valence electrons. The van der Waals surface area contributed by atoms with E-state index in [1.54, 1.807) is 6.33 Å². The number of imidazole rings is 1. The Hall–Kier alpha value is 0.000000000000000278. The number of nitrogens with zero attached hydrogens (tertiary/aromatic N) is 1. The van der Waals surface area contributed by atoms with Gasteiger partial charge in [-0.25, -0.2) is 4.98 Å². The number of benzene rings is 1. The zero-order valence-electron chi connectivity index (χ0n) is 7.23. The number of aromatic amines is 1. The smallest absolute Gasteiger partial charge is 0.436 e. The van der Waals surface area contributed by atoms with Gasteiger partial charge >= 0.3 is 29.6 Å². The molecule has 0 fully saturated rings. The number of thiocarbonyl (C=S) groups is 1. The third-order valence-corrected chi connectivity index (χ3v) is 1.33. The maximum Gasteiger partial charge on any atom is 1.00 e. The molecular formula is C8H7N2NaS2. The molecule has 0 aliphatic carbocycles. The molecule has 2 aromatic rings. The van der Waals surface area contributed by atoms with Gasteiger partial charge in [0, 0.05) is 0 Å². The molecule has 0 saturated carbocycles. The summed E-state index contributed by atoms with van der Waals surface area (Å²) < 4.78 is 1.17. The number of H-pyrrole nitrogens is 1. The molecule has 13 heavy (non-hydrogen) atoms. The molecule has 0 atom stereocenters. The molecule has 0 saturated heterocycles. The molecule has 1 aromatic heterocycles. The van der Waals surface area contributed by atoms with Crippen molar-refractivity contribution in [2.24, 2.45) is 0 Å². The molecule has 0 bridgehead atoms. The summed E-state index contributed by atoms with van der Waals surface area (Å²) in [5.41, 5.74) is 2.12. The Morgan fingerprint density at radius 3 is 2.62 bits per heavy atom. The Labute approximate surface area is 110 Å². The Bertz CT molecular complexity index is 331. The van der Waals surface area contributed by atoms with Crippen molar-refractivity contribution < 1.29 is 29.6 Å². The molecule has 5 heteroatoms. The molecule has 0 aliphatic heterocycles. The van der Waals surface area contributed by atoms with Gasteiger partial charge in [0.05, 0.1) is 17.4 Å². The summed E-state index contributed by atoms with van der Waals surface area (Å²) in [7, 11) is 0. The largest absolute Gasteiger partial charge is 1.00 e. The van der Waals surface area contributed by atoms with E-state index in [0.717, 1.165) is 11.0 Å². The maximum atomic E-state index is 4.08. The van der Waals surface area contributed by atoms with E-state index in [9.17, 15) is 0 Å². The standard InChI is InChI=1S/C7H6N2.CH2S2.Na/c1-2-4-7-6(3-1)8-5-9-7;2-1-3;/h1-5H,(H,8,9);1H,(H,2,3);/q;;+1/p-1. The fourth-order valence-electron chi connectivity index (χ4n) is 0.880. The minimum atomic E-state index is 0. The summed E-state index contributed by atoms with van der Waals surface area (Å²) in [6, 6.07) is 7.94. The van der Waals surface area contributed by atoms with Gasteiger partial charge in [0.15, 0.2) is 0 Å². The first kappa shape index (κ1) is 13.0. The number of aromatic nitrogens is 2. The fourth-order valence-corrected chi connectivity index (χ4v) is 0.880. The number of hydrogen-bond acceptors (Lipinski definition) is 3. The van der Waals surface area contributed by atoms with E-state index in [1.165, 1.54) is 4.70 Å². The van der Waals surface area contributed by atoms with Crippen LogP contribution < -0.4 is 29.6 Å². The topological polar surface area (TPSA) is 28.7 Å². The van der Waals surface area contributed by atoms with Gasteiger partial charge in [0.25, 0.3) is 0 Å². The Morgan fingerprint density at radius 2 is 2.00 bits per heavy atom. The third kappa shape index (κ3) is 4.15. The average Bonchev–Trinajstić information content (AvgIpc) is 2.52. The first-order valence-electron chi connectivity index (χ1n) is 3.32. The first-order valence-corrected chi connectivity index (χ1v) is 4.26. The minimum Gasteiger partial charge on any atom is -0.436 e. The quantitative estimate of drug-likeness (QED) is 0.351. The molecule has 2 rings (SSSR count). The second-order valence-corrected chi connectivity index (χ2v) is 2.79. The zero-order valence-corrected chi connectivity index (χ0v) is 10.9. The summed E-state index contributed by atoms with van der Waals surface area (Å²) in [6.07, 6.45) is 1.70. The molecule has 1 heterocycles. The van der Waals surface area contributed by atoms with Crippen molar-refractivity contribution in [1.82, 2.24) is 9.97 Å². The van der Waals surface area contributed by atoms with E-state index in [-0.39, 0.29) is 29.6 Å². The predicted octanol–water partition coefficient (Wildman–Crippen LogP) is -0.943. The van der Waals surface area contributed by atoms with Crippen molar-refractivity contribution in [3.8, 4) is 0 Å². The van der Waals surface area contributed by atoms with Gasteiger partial charge in [0.2, 0.25) is 0 Å². The van der Waals surface area contributed by atoms with Crippen molar-refractivity contribution in [2.75, 3.05) is 0 Å². The van der Waals surface area contributed by atoms with Crippen LogP contribution in [0.15, 0.2) is 30.6 Å². The molecule has 0 spiro atoms. The molecular weight excluding hydrogens is 211 g/mol. The summed E-state index contributed by atoms with van der Waals surface area (Å²) in [6.45, 7) is 0. The van der Waals surface area contributed by atoms with Crippen LogP contribution in [0.1, 0.15) is 0 Å². The van der Waals surface area contributed by atoms with Gasteiger partial charge in [-0.2, -0.15) is 4.70 Å². The number of rotatable bonds is 0. The van der Waals surface area contributed by atoms with E-state index in [4.69, 9.17) is 0 Å². The summed E-state index contributed by atoms with van der Waals surface area (Å²) in [4.78, 5) is 7.07. The van der Waals surface area contributed by atoms with Gasteiger partial charge in [-0.3, -0.25) is 0 Å². The molecule has 1 N–H and O–H groups in total. The molecule has 0 unspecified atom stereocenters. The molecule has 0 amide bonds. The van der Waals surface area contributed by atoms with Crippen LogP contribution in [0.2, 0.25) is 0 Å². The second kappa shape index (κ2) is 7.41. The van der Waals surface area contributed by atoms with Crippen molar-refractivity contribution in [2.45, 2.75) is 0 Å². The van der Waals surface area contributed by atoms with Crippen LogP contribution in [0.4, 0.5) is 0 Å². The molecule has 1 aromatic carbocycles. The SMILES string of the molecule is S=C[S-].[Na+].c1ccc2[nH]cnc2c1. The Kier molecular flexibility index (Phi) is 7.41. The monoisotopic (exact) mass is 218 g/mol. The normalized spacial score (nSPS) is 8.00. The van der Waals surface area contributed by atoms with Gasteiger partial charge < -0.3 is 29.8 Å². The predicted molar refractivity (Wildman–Crippen MR) is 57.1 cm³/mol. The number of para-hydroxylation sites is 2.